The van der Waals surface area contributed by atoms with E-state index < -0.39 is 17.7 Å². The Morgan fingerprint density at radius 3 is 2.50 bits per heavy atom. The topological polar surface area (TPSA) is 152 Å². The molecule has 3 aromatic carbocycles. The second-order valence-corrected chi connectivity index (χ2v) is 9.83. The predicted octanol–water partition coefficient (Wildman–Crippen LogP) is 3.73. The van der Waals surface area contributed by atoms with Crippen LogP contribution in [0.5, 0.6) is 11.5 Å². The van der Waals surface area contributed by atoms with Gasteiger partial charge in [-0.3, -0.25) is 4.79 Å². The summed E-state index contributed by atoms with van der Waals surface area (Å²) in [6, 6.07) is 19.4. The first kappa shape index (κ1) is 28.8. The number of carboxylic acid groups (broad SMARTS) is 1. The number of phenolic OH excluding ortho intramolecular Hbond substituents is 1. The molecule has 0 aliphatic carbocycles. The van der Waals surface area contributed by atoms with Gasteiger partial charge in [-0.2, -0.15) is 0 Å². The number of hydrogen-bond donors (Lipinski definition) is 6. The van der Waals surface area contributed by atoms with E-state index in [-0.39, 0.29) is 22.4 Å². The molecule has 0 radical (unpaired) electrons. The highest BCUT2D eigenvalue weighted by molar-refractivity contribution is 5.87. The summed E-state index contributed by atoms with van der Waals surface area (Å²) in [7, 11) is 0. The van der Waals surface area contributed by atoms with E-state index in [0.717, 1.165) is 24.8 Å². The monoisotopic (exact) mass is 546 g/mol. The number of phenols is 1. The number of nitrogens with one attached hydrogen (secondary N) is 2. The van der Waals surface area contributed by atoms with Crippen LogP contribution in [0.15, 0.2) is 77.6 Å². The average molecular weight is 547 g/mol. The summed E-state index contributed by atoms with van der Waals surface area (Å²) in [6.45, 7) is 3.27. The second kappa shape index (κ2) is 12.8. The van der Waals surface area contributed by atoms with Gasteiger partial charge in [0.2, 0.25) is 11.2 Å². The third kappa shape index (κ3) is 6.51. The van der Waals surface area contributed by atoms with E-state index in [1.54, 1.807) is 54.6 Å². The maximum Gasteiger partial charge on any atom is 0.345 e. The molecule has 40 heavy (non-hydrogen) atoms. The number of aliphatic hydroxyl groups excluding tert-OH is 1. The van der Waals surface area contributed by atoms with Crippen molar-refractivity contribution >= 4 is 16.9 Å². The fourth-order valence-electron chi connectivity index (χ4n) is 4.71. The molecule has 2 unspecified atom stereocenters. The minimum Gasteiger partial charge on any atom is -0.506 e. The standard InChI is InChI=1S/C31H34N2O7/c1-20-7-5-8-21(17-20)31(39,30(37)38)22-9-6-10-23(18-22)40-16-4-2-3-15-32-19-27(35)24-11-13-26(34)29-25(24)12-14-28(36)33-29/h5-14,17-18,27,32,34-35,39H,2-4,15-16,19H2,1H3,(H,33,36)(H,37,38). The van der Waals surface area contributed by atoms with Crippen molar-refractivity contribution in [2.75, 3.05) is 19.7 Å². The molecule has 4 rings (SSSR count). The Bertz CT molecular complexity index is 1530. The number of aliphatic hydroxyl groups is 2. The van der Waals surface area contributed by atoms with Gasteiger partial charge in [-0.15, -0.1) is 0 Å². The molecule has 0 aliphatic rings. The van der Waals surface area contributed by atoms with Gasteiger partial charge in [-0.25, -0.2) is 4.79 Å². The van der Waals surface area contributed by atoms with Crippen LogP contribution in [-0.2, 0) is 10.4 Å². The molecule has 0 bridgehead atoms. The molecule has 6 N–H and O–H groups in total. The highest BCUT2D eigenvalue weighted by Crippen LogP contribution is 2.33. The number of hydrogen-bond acceptors (Lipinski definition) is 7. The van der Waals surface area contributed by atoms with E-state index in [1.807, 2.05) is 13.0 Å². The van der Waals surface area contributed by atoms with Crippen LogP contribution in [0.25, 0.3) is 10.9 Å². The molecule has 0 spiro atoms. The second-order valence-electron chi connectivity index (χ2n) is 9.83. The summed E-state index contributed by atoms with van der Waals surface area (Å²) >= 11 is 0. The molecule has 0 fully saturated rings. The lowest BCUT2D eigenvalue weighted by molar-refractivity contribution is -0.155. The Morgan fingerprint density at radius 2 is 1.75 bits per heavy atom. The number of fused-ring (bicyclic) bond motifs is 1. The van der Waals surface area contributed by atoms with Gasteiger partial charge in [-0.1, -0.05) is 48.0 Å². The Balaban J connectivity index is 1.23. The first-order valence-electron chi connectivity index (χ1n) is 13.2. The van der Waals surface area contributed by atoms with E-state index in [0.29, 0.717) is 41.9 Å². The molecule has 210 valence electrons. The van der Waals surface area contributed by atoms with Crippen LogP contribution >= 0.6 is 0 Å². The third-order valence-electron chi connectivity index (χ3n) is 6.87. The van der Waals surface area contributed by atoms with Gasteiger partial charge in [0.15, 0.2) is 0 Å². The van der Waals surface area contributed by atoms with Crippen molar-refractivity contribution in [2.45, 2.75) is 37.9 Å². The van der Waals surface area contributed by atoms with Gasteiger partial charge in [0.05, 0.1) is 18.2 Å². The number of rotatable bonds is 13. The highest BCUT2D eigenvalue weighted by atomic mass is 16.5. The molecule has 9 heteroatoms. The molecule has 1 aromatic heterocycles. The van der Waals surface area contributed by atoms with Crippen LogP contribution in [0.3, 0.4) is 0 Å². The number of aromatic amines is 1. The summed E-state index contributed by atoms with van der Waals surface area (Å²) in [5.41, 5.74) is -0.248. The van der Waals surface area contributed by atoms with Crippen molar-refractivity contribution in [1.82, 2.24) is 10.3 Å². The van der Waals surface area contributed by atoms with E-state index in [9.17, 15) is 30.0 Å². The molecule has 0 aliphatic heterocycles. The first-order chi connectivity index (χ1) is 19.2. The van der Waals surface area contributed by atoms with Crippen LogP contribution in [0.1, 0.15) is 47.6 Å². The number of carbonyl (C=O) groups is 1. The lowest BCUT2D eigenvalue weighted by Gasteiger charge is -2.25. The van der Waals surface area contributed by atoms with Gasteiger partial charge in [0.25, 0.3) is 0 Å². The van der Waals surface area contributed by atoms with E-state index >= 15 is 0 Å². The molecule has 4 aromatic rings. The SMILES string of the molecule is Cc1cccc(C(O)(C(=O)O)c2cccc(OCCCCCNCC(O)c3ccc(O)c4[nH]c(=O)ccc34)c2)c1. The minimum atomic E-state index is -2.19. The van der Waals surface area contributed by atoms with Gasteiger partial charge in [-0.05, 0) is 68.1 Å². The lowest BCUT2D eigenvalue weighted by atomic mass is 9.85. The fraction of sp³-hybridized carbons (Fsp3) is 0.290. The summed E-state index contributed by atoms with van der Waals surface area (Å²) in [6.07, 6.45) is 1.68. The van der Waals surface area contributed by atoms with Gasteiger partial charge in [0.1, 0.15) is 11.5 Å². The zero-order valence-electron chi connectivity index (χ0n) is 22.3. The quantitative estimate of drug-likeness (QED) is 0.139. The Morgan fingerprint density at radius 1 is 1.00 bits per heavy atom. The van der Waals surface area contributed by atoms with Gasteiger partial charge in [0, 0.05) is 23.6 Å². The number of aromatic nitrogens is 1. The smallest absolute Gasteiger partial charge is 0.345 e. The maximum absolute atomic E-state index is 12.1. The number of ether oxygens (including phenoxy) is 1. The van der Waals surface area contributed by atoms with Crippen molar-refractivity contribution in [3.05, 3.63) is 105 Å². The number of aromatic hydroxyl groups is 1. The molecule has 0 amide bonds. The number of H-pyrrole nitrogens is 1. The molecule has 9 nitrogen and oxygen atoms in total. The molecule has 2 atom stereocenters. The van der Waals surface area contributed by atoms with Gasteiger partial charge >= 0.3 is 5.97 Å². The first-order valence-corrected chi connectivity index (χ1v) is 13.2. The fourth-order valence-corrected chi connectivity index (χ4v) is 4.71. The van der Waals surface area contributed by atoms with Crippen LogP contribution in [0.4, 0.5) is 0 Å². The number of aryl methyl sites for hydroxylation is 1. The summed E-state index contributed by atoms with van der Waals surface area (Å²) in [5, 5.41) is 45.5. The zero-order valence-corrected chi connectivity index (χ0v) is 22.3. The van der Waals surface area contributed by atoms with Crippen LogP contribution in [-0.4, -0.2) is 51.1 Å². The van der Waals surface area contributed by atoms with Crippen molar-refractivity contribution in [3.8, 4) is 11.5 Å². The maximum atomic E-state index is 12.1. The minimum absolute atomic E-state index is 0.0468. The molecule has 1 heterocycles. The lowest BCUT2D eigenvalue weighted by Crippen LogP contribution is -2.36. The van der Waals surface area contributed by atoms with Crippen LogP contribution in [0.2, 0.25) is 0 Å². The number of pyridine rings is 1. The number of carboxylic acids is 1. The Labute approximate surface area is 231 Å². The van der Waals surface area contributed by atoms with Crippen LogP contribution < -0.4 is 15.6 Å². The number of benzene rings is 3. The summed E-state index contributed by atoms with van der Waals surface area (Å²) in [4.78, 5) is 26.3. The van der Waals surface area contributed by atoms with E-state index in [1.165, 1.54) is 12.1 Å². The molecular formula is C31H34N2O7. The molecule has 0 saturated carbocycles. The van der Waals surface area contributed by atoms with E-state index in [4.69, 9.17) is 4.74 Å². The van der Waals surface area contributed by atoms with E-state index in [2.05, 4.69) is 10.3 Å². The Hall–Kier alpha value is -4.18. The number of unbranched alkanes of at least 4 members (excludes halogenated alkanes) is 2. The average Bonchev–Trinajstić information content (AvgIpc) is 2.94. The van der Waals surface area contributed by atoms with Crippen LogP contribution in [0, 0.1) is 6.92 Å². The summed E-state index contributed by atoms with van der Waals surface area (Å²) < 4.78 is 5.83. The highest BCUT2D eigenvalue weighted by Gasteiger charge is 2.40. The Kier molecular flexibility index (Phi) is 9.21. The molecule has 0 saturated heterocycles. The zero-order chi connectivity index (χ0) is 28.7. The third-order valence-corrected chi connectivity index (χ3v) is 6.87. The normalized spacial score (nSPS) is 13.6. The molecular weight excluding hydrogens is 512 g/mol. The van der Waals surface area contributed by atoms with Crippen molar-refractivity contribution in [3.63, 3.8) is 0 Å². The van der Waals surface area contributed by atoms with Crippen molar-refractivity contribution in [1.29, 1.82) is 0 Å². The van der Waals surface area contributed by atoms with Crippen molar-refractivity contribution in [2.24, 2.45) is 0 Å². The summed E-state index contributed by atoms with van der Waals surface area (Å²) in [5.74, 6) is -0.927. The van der Waals surface area contributed by atoms with Crippen molar-refractivity contribution < 1.29 is 30.0 Å². The predicted molar refractivity (Wildman–Crippen MR) is 152 cm³/mol. The largest absolute Gasteiger partial charge is 0.506 e. The van der Waals surface area contributed by atoms with Gasteiger partial charge < -0.3 is 35.5 Å². The number of aliphatic carboxylic acids is 1.